The average Bonchev–Trinajstić information content (AvgIpc) is 3.07. The lowest BCUT2D eigenvalue weighted by Gasteiger charge is -2.06. The van der Waals surface area contributed by atoms with Crippen LogP contribution < -0.4 is 5.32 Å². The molecule has 0 radical (unpaired) electrons. The average molecular weight is 313 g/mol. The molecular weight excluding hydrogens is 298 g/mol. The highest BCUT2D eigenvalue weighted by Crippen LogP contribution is 2.24. The third kappa shape index (κ3) is 2.77. The first-order valence-corrected chi connectivity index (χ1v) is 7.70. The van der Waals surface area contributed by atoms with Gasteiger partial charge in [0.25, 0.3) is 5.91 Å². The molecule has 0 fully saturated rings. The Morgan fingerprint density at radius 2 is 1.71 bits per heavy atom. The molecule has 0 atom stereocenters. The largest absolute Gasteiger partial charge is 0.353 e. The van der Waals surface area contributed by atoms with Crippen LogP contribution in [0.5, 0.6) is 0 Å². The lowest BCUT2D eigenvalue weighted by molar-refractivity contribution is 0.102. The van der Waals surface area contributed by atoms with Gasteiger partial charge in [-0.3, -0.25) is 9.78 Å². The van der Waals surface area contributed by atoms with Crippen molar-refractivity contribution in [3.8, 4) is 11.3 Å². The Hall–Kier alpha value is -3.40. The fourth-order valence-electron chi connectivity index (χ4n) is 2.64. The molecule has 2 aromatic heterocycles. The number of carbonyl (C=O) groups excluding carboxylic acids is 1. The molecule has 24 heavy (non-hydrogen) atoms. The number of carbonyl (C=O) groups is 1. The normalized spacial score (nSPS) is 10.7. The second-order valence-electron chi connectivity index (χ2n) is 5.52. The third-order valence-electron chi connectivity index (χ3n) is 3.88. The molecule has 116 valence electrons. The van der Waals surface area contributed by atoms with Gasteiger partial charge in [-0.1, -0.05) is 30.3 Å². The number of fused-ring (bicyclic) bond motifs is 1. The molecule has 2 aromatic carbocycles. The summed E-state index contributed by atoms with van der Waals surface area (Å²) in [5.74, 6) is -0.113. The highest BCUT2D eigenvalue weighted by molar-refractivity contribution is 6.04. The molecule has 4 rings (SSSR count). The van der Waals surface area contributed by atoms with Gasteiger partial charge in [0.15, 0.2) is 0 Å². The quantitative estimate of drug-likeness (QED) is 0.586. The molecule has 4 nitrogen and oxygen atoms in total. The van der Waals surface area contributed by atoms with Crippen molar-refractivity contribution in [3.05, 3.63) is 84.6 Å². The van der Waals surface area contributed by atoms with Gasteiger partial charge in [0.2, 0.25) is 0 Å². The van der Waals surface area contributed by atoms with Crippen molar-refractivity contribution in [3.63, 3.8) is 0 Å². The van der Waals surface area contributed by atoms with E-state index in [0.29, 0.717) is 5.56 Å². The number of anilines is 1. The van der Waals surface area contributed by atoms with E-state index < -0.39 is 0 Å². The summed E-state index contributed by atoms with van der Waals surface area (Å²) in [6.07, 6.45) is 1.78. The summed E-state index contributed by atoms with van der Waals surface area (Å²) in [5.41, 5.74) is 5.41. The summed E-state index contributed by atoms with van der Waals surface area (Å²) in [7, 11) is 0. The molecular formula is C20H15N3O. The number of benzene rings is 2. The van der Waals surface area contributed by atoms with E-state index in [1.165, 1.54) is 0 Å². The van der Waals surface area contributed by atoms with Crippen molar-refractivity contribution < 1.29 is 4.79 Å². The summed E-state index contributed by atoms with van der Waals surface area (Å²) in [5, 5.41) is 2.90. The highest BCUT2D eigenvalue weighted by Gasteiger charge is 2.07. The summed E-state index contributed by atoms with van der Waals surface area (Å²) in [4.78, 5) is 19.8. The van der Waals surface area contributed by atoms with Gasteiger partial charge in [0, 0.05) is 23.1 Å². The van der Waals surface area contributed by atoms with Crippen LogP contribution in [0.25, 0.3) is 22.3 Å². The van der Waals surface area contributed by atoms with Gasteiger partial charge in [-0.25, -0.2) is 0 Å². The molecule has 0 saturated heterocycles. The molecule has 0 saturated carbocycles. The summed E-state index contributed by atoms with van der Waals surface area (Å²) >= 11 is 0. The number of nitrogens with one attached hydrogen (secondary N) is 2. The lowest BCUT2D eigenvalue weighted by Crippen LogP contribution is -2.11. The molecule has 2 N–H and O–H groups in total. The maximum atomic E-state index is 12.2. The number of rotatable bonds is 3. The number of hydrogen-bond acceptors (Lipinski definition) is 2. The minimum absolute atomic E-state index is 0.113. The maximum absolute atomic E-state index is 12.2. The van der Waals surface area contributed by atoms with Gasteiger partial charge in [0.05, 0.1) is 11.0 Å². The second kappa shape index (κ2) is 6.01. The van der Waals surface area contributed by atoms with Crippen LogP contribution in [0, 0.1) is 0 Å². The smallest absolute Gasteiger partial charge is 0.255 e. The van der Waals surface area contributed by atoms with Crippen LogP contribution in [0.4, 0.5) is 5.69 Å². The number of H-pyrrole nitrogens is 1. The zero-order chi connectivity index (χ0) is 16.4. The van der Waals surface area contributed by atoms with E-state index in [1.54, 1.807) is 18.3 Å². The minimum Gasteiger partial charge on any atom is -0.353 e. The molecule has 2 heterocycles. The van der Waals surface area contributed by atoms with Gasteiger partial charge >= 0.3 is 0 Å². The Balaban J connectivity index is 1.55. The van der Waals surface area contributed by atoms with E-state index in [1.807, 2.05) is 60.7 Å². The van der Waals surface area contributed by atoms with Crippen LogP contribution in [0.15, 0.2) is 79.0 Å². The molecule has 4 heteroatoms. The molecule has 1 amide bonds. The fourth-order valence-corrected chi connectivity index (χ4v) is 2.64. The van der Waals surface area contributed by atoms with Gasteiger partial charge in [0.1, 0.15) is 0 Å². The molecule has 0 spiro atoms. The maximum Gasteiger partial charge on any atom is 0.255 e. The van der Waals surface area contributed by atoms with Crippen molar-refractivity contribution in [2.45, 2.75) is 0 Å². The van der Waals surface area contributed by atoms with Gasteiger partial charge < -0.3 is 10.3 Å². The topological polar surface area (TPSA) is 57.8 Å². The van der Waals surface area contributed by atoms with Gasteiger partial charge in [-0.15, -0.1) is 0 Å². The van der Waals surface area contributed by atoms with Crippen LogP contribution in [0.3, 0.4) is 0 Å². The Kier molecular flexibility index (Phi) is 3.56. The van der Waals surface area contributed by atoms with Crippen LogP contribution in [-0.2, 0) is 0 Å². The Labute approximate surface area is 139 Å². The summed E-state index contributed by atoms with van der Waals surface area (Å²) in [6.45, 7) is 0. The zero-order valence-electron chi connectivity index (χ0n) is 12.9. The van der Waals surface area contributed by atoms with Crippen molar-refractivity contribution >= 4 is 22.6 Å². The van der Waals surface area contributed by atoms with Crippen LogP contribution in [0.2, 0.25) is 0 Å². The van der Waals surface area contributed by atoms with E-state index in [4.69, 9.17) is 0 Å². The van der Waals surface area contributed by atoms with E-state index in [9.17, 15) is 4.79 Å². The Bertz CT molecular complexity index is 955. The number of hydrogen-bond donors (Lipinski definition) is 2. The standard InChI is InChI=1S/C20H15N3O/c24-20(15-5-2-1-3-6-15)22-16-10-8-14(9-11-16)18-13-19-17(23-18)7-4-12-21-19/h1-13,23H,(H,22,24). The second-order valence-corrected chi connectivity index (χ2v) is 5.52. The van der Waals surface area contributed by atoms with Crippen LogP contribution in [0.1, 0.15) is 10.4 Å². The number of amides is 1. The predicted octanol–water partition coefficient (Wildman–Crippen LogP) is 4.48. The van der Waals surface area contributed by atoms with Crippen molar-refractivity contribution in [2.75, 3.05) is 5.32 Å². The molecule has 4 aromatic rings. The first kappa shape index (κ1) is 14.2. The third-order valence-corrected chi connectivity index (χ3v) is 3.88. The van der Waals surface area contributed by atoms with E-state index in [0.717, 1.165) is 28.0 Å². The SMILES string of the molecule is O=C(Nc1ccc(-c2cc3ncccc3[nH]2)cc1)c1ccccc1. The zero-order valence-corrected chi connectivity index (χ0v) is 12.9. The number of pyridine rings is 1. The molecule has 0 aliphatic heterocycles. The number of aromatic nitrogens is 2. The van der Waals surface area contributed by atoms with Gasteiger partial charge in [-0.05, 0) is 48.0 Å². The van der Waals surface area contributed by atoms with E-state index >= 15 is 0 Å². The summed E-state index contributed by atoms with van der Waals surface area (Å²) in [6, 6.07) is 22.9. The molecule has 0 unspecified atom stereocenters. The van der Waals surface area contributed by atoms with Crippen LogP contribution >= 0.6 is 0 Å². The lowest BCUT2D eigenvalue weighted by atomic mass is 10.1. The number of aromatic amines is 1. The highest BCUT2D eigenvalue weighted by atomic mass is 16.1. The fraction of sp³-hybridized carbons (Fsp3) is 0. The molecule has 0 bridgehead atoms. The van der Waals surface area contributed by atoms with Gasteiger partial charge in [-0.2, -0.15) is 0 Å². The Morgan fingerprint density at radius 1 is 0.917 bits per heavy atom. The van der Waals surface area contributed by atoms with Crippen molar-refractivity contribution in [1.82, 2.24) is 9.97 Å². The monoisotopic (exact) mass is 313 g/mol. The summed E-state index contributed by atoms with van der Waals surface area (Å²) < 4.78 is 0. The van der Waals surface area contributed by atoms with E-state index in [2.05, 4.69) is 15.3 Å². The first-order valence-electron chi connectivity index (χ1n) is 7.70. The minimum atomic E-state index is -0.113. The van der Waals surface area contributed by atoms with Crippen LogP contribution in [-0.4, -0.2) is 15.9 Å². The van der Waals surface area contributed by atoms with Crippen molar-refractivity contribution in [1.29, 1.82) is 0 Å². The van der Waals surface area contributed by atoms with Crippen molar-refractivity contribution in [2.24, 2.45) is 0 Å². The number of nitrogens with zero attached hydrogens (tertiary/aromatic N) is 1. The predicted molar refractivity (Wildman–Crippen MR) is 95.9 cm³/mol. The van der Waals surface area contributed by atoms with E-state index in [-0.39, 0.29) is 5.91 Å². The molecule has 0 aliphatic rings. The first-order chi connectivity index (χ1) is 11.8. The Morgan fingerprint density at radius 3 is 2.46 bits per heavy atom. The molecule has 0 aliphatic carbocycles.